The zero-order valence-corrected chi connectivity index (χ0v) is 13.1. The highest BCUT2D eigenvalue weighted by atomic mass is 19.1. The largest absolute Gasteiger partial charge is 0.484 e. The maximum absolute atomic E-state index is 14.0. The van der Waals surface area contributed by atoms with Gasteiger partial charge in [0.25, 0.3) is 0 Å². The quantitative estimate of drug-likeness (QED) is 0.941. The van der Waals surface area contributed by atoms with Gasteiger partial charge in [0.05, 0.1) is 19.1 Å². The van der Waals surface area contributed by atoms with E-state index in [1.165, 1.54) is 6.07 Å². The lowest BCUT2D eigenvalue weighted by Crippen LogP contribution is -2.33. The van der Waals surface area contributed by atoms with Gasteiger partial charge in [-0.05, 0) is 11.6 Å². The van der Waals surface area contributed by atoms with Crippen LogP contribution in [0.1, 0.15) is 17.2 Å². The molecule has 5 heteroatoms. The molecule has 0 aromatic heterocycles. The number of likely N-dealkylation sites (tertiary alicyclic amines) is 1. The van der Waals surface area contributed by atoms with E-state index in [0.717, 1.165) is 5.56 Å². The molecule has 0 spiro atoms. The zero-order chi connectivity index (χ0) is 16.7. The number of aliphatic hydroxyl groups is 1. The van der Waals surface area contributed by atoms with Gasteiger partial charge >= 0.3 is 0 Å². The second kappa shape index (κ2) is 5.91. The first kappa shape index (κ1) is 15.1. The molecule has 0 unspecified atom stereocenters. The summed E-state index contributed by atoms with van der Waals surface area (Å²) in [6.45, 7) is 0.333. The van der Waals surface area contributed by atoms with Crippen LogP contribution in [0, 0.1) is 11.7 Å². The topological polar surface area (TPSA) is 49.8 Å². The smallest absolute Gasteiger partial charge is 0.227 e. The van der Waals surface area contributed by atoms with Crippen LogP contribution in [0.4, 0.5) is 4.39 Å². The number of fused-ring (bicyclic) bond motifs is 3. The Morgan fingerprint density at radius 3 is 2.75 bits per heavy atom. The molecule has 1 amide bonds. The van der Waals surface area contributed by atoms with Gasteiger partial charge < -0.3 is 14.7 Å². The van der Waals surface area contributed by atoms with Crippen molar-refractivity contribution in [2.75, 3.05) is 13.2 Å². The predicted octanol–water partition coefficient (Wildman–Crippen LogP) is 2.32. The predicted molar refractivity (Wildman–Crippen MR) is 86.0 cm³/mol. The minimum Gasteiger partial charge on any atom is -0.484 e. The van der Waals surface area contributed by atoms with E-state index < -0.39 is 5.82 Å². The average Bonchev–Trinajstić information content (AvgIpc) is 3.14. The van der Waals surface area contributed by atoms with Crippen LogP contribution in [0.5, 0.6) is 5.75 Å². The highest BCUT2D eigenvalue weighted by molar-refractivity contribution is 5.80. The summed E-state index contributed by atoms with van der Waals surface area (Å²) in [6.07, 6.45) is -0.103. The number of ether oxygens (including phenoxy) is 1. The molecule has 2 aromatic rings. The lowest BCUT2D eigenvalue weighted by Gasteiger charge is -2.23. The molecule has 4 nitrogen and oxygen atoms in total. The van der Waals surface area contributed by atoms with Crippen LogP contribution in [-0.4, -0.2) is 35.2 Å². The fourth-order valence-electron chi connectivity index (χ4n) is 3.72. The van der Waals surface area contributed by atoms with Crippen molar-refractivity contribution in [2.45, 2.75) is 18.6 Å². The van der Waals surface area contributed by atoms with E-state index in [-0.39, 0.29) is 42.7 Å². The molecule has 1 saturated heterocycles. The number of aliphatic hydroxyl groups excluding tert-OH is 1. The summed E-state index contributed by atoms with van der Waals surface area (Å²) >= 11 is 0. The molecule has 124 valence electrons. The third-order valence-corrected chi connectivity index (χ3v) is 4.87. The molecule has 0 radical (unpaired) electrons. The van der Waals surface area contributed by atoms with Crippen molar-refractivity contribution < 1.29 is 19.0 Å². The van der Waals surface area contributed by atoms with Gasteiger partial charge in [-0.25, -0.2) is 4.39 Å². The van der Waals surface area contributed by atoms with Gasteiger partial charge in [-0.1, -0.05) is 42.5 Å². The lowest BCUT2D eigenvalue weighted by atomic mass is 9.99. The number of nitrogens with zero attached hydrogens (tertiary/aromatic N) is 1. The highest BCUT2D eigenvalue weighted by Crippen LogP contribution is 2.48. The molecule has 4 rings (SSSR count). The van der Waals surface area contributed by atoms with Crippen molar-refractivity contribution in [1.29, 1.82) is 0 Å². The Bertz CT molecular complexity index is 764. The maximum Gasteiger partial charge on any atom is 0.227 e. The fraction of sp³-hybridized carbons (Fsp3) is 0.316. The van der Waals surface area contributed by atoms with Crippen LogP contribution >= 0.6 is 0 Å². The van der Waals surface area contributed by atoms with E-state index in [1.54, 1.807) is 17.0 Å². The van der Waals surface area contributed by atoms with Gasteiger partial charge in [-0.15, -0.1) is 0 Å². The van der Waals surface area contributed by atoms with E-state index in [2.05, 4.69) is 0 Å². The molecular weight excluding hydrogens is 309 g/mol. The van der Waals surface area contributed by atoms with Gasteiger partial charge in [0.15, 0.2) is 11.6 Å². The molecule has 2 heterocycles. The van der Waals surface area contributed by atoms with Crippen molar-refractivity contribution >= 4 is 5.91 Å². The summed E-state index contributed by atoms with van der Waals surface area (Å²) < 4.78 is 19.8. The molecule has 3 atom stereocenters. The molecule has 2 aliphatic heterocycles. The Morgan fingerprint density at radius 2 is 2.00 bits per heavy atom. The zero-order valence-electron chi connectivity index (χ0n) is 13.1. The minimum absolute atomic E-state index is 0.0344. The summed E-state index contributed by atoms with van der Waals surface area (Å²) in [5.41, 5.74) is 1.63. The molecule has 24 heavy (non-hydrogen) atoms. The summed E-state index contributed by atoms with van der Waals surface area (Å²) in [5.74, 6) is -0.452. The maximum atomic E-state index is 14.0. The summed E-state index contributed by atoms with van der Waals surface area (Å²) in [7, 11) is 0. The molecule has 0 aliphatic carbocycles. The first-order chi connectivity index (χ1) is 11.7. The Balaban J connectivity index is 1.65. The van der Waals surface area contributed by atoms with Gasteiger partial charge in [-0.3, -0.25) is 4.79 Å². The number of carbonyl (C=O) groups is 1. The Labute approximate surface area is 139 Å². The molecule has 0 bridgehead atoms. The highest BCUT2D eigenvalue weighted by Gasteiger charge is 2.51. The van der Waals surface area contributed by atoms with E-state index in [0.29, 0.717) is 12.1 Å². The third-order valence-electron chi connectivity index (χ3n) is 4.87. The SMILES string of the molecule is O=C(Cc1ccccc1)N1C[C@@H](CO)[C@@H]2Oc3c(F)cccc3[C@@H]21. The average molecular weight is 327 g/mol. The molecule has 1 N–H and O–H groups in total. The van der Waals surface area contributed by atoms with Crippen molar-refractivity contribution in [3.8, 4) is 5.75 Å². The Morgan fingerprint density at radius 1 is 1.21 bits per heavy atom. The summed E-state index contributed by atoms with van der Waals surface area (Å²) in [6, 6.07) is 14.0. The van der Waals surface area contributed by atoms with E-state index in [9.17, 15) is 14.3 Å². The second-order valence-electron chi connectivity index (χ2n) is 6.34. The lowest BCUT2D eigenvalue weighted by molar-refractivity contribution is -0.131. The molecule has 1 fully saturated rings. The number of amides is 1. The molecule has 2 aliphatic rings. The van der Waals surface area contributed by atoms with Crippen LogP contribution < -0.4 is 4.74 Å². The van der Waals surface area contributed by atoms with E-state index in [1.807, 2.05) is 30.3 Å². The number of halogens is 1. The van der Waals surface area contributed by atoms with Gasteiger partial charge in [0.2, 0.25) is 5.91 Å². The summed E-state index contributed by atoms with van der Waals surface area (Å²) in [5, 5.41) is 9.64. The number of para-hydroxylation sites is 1. The van der Waals surface area contributed by atoms with Gasteiger partial charge in [-0.2, -0.15) is 0 Å². The number of benzene rings is 2. The number of hydrogen-bond acceptors (Lipinski definition) is 3. The van der Waals surface area contributed by atoms with Crippen LogP contribution in [0.2, 0.25) is 0 Å². The van der Waals surface area contributed by atoms with Gasteiger partial charge in [0.1, 0.15) is 6.10 Å². The Kier molecular flexibility index (Phi) is 3.73. The van der Waals surface area contributed by atoms with Crippen LogP contribution in [0.25, 0.3) is 0 Å². The normalized spacial score (nSPS) is 24.4. The molecular formula is C19H18FNO3. The number of carbonyl (C=O) groups excluding carboxylic acids is 1. The number of hydrogen-bond donors (Lipinski definition) is 1. The molecule has 0 saturated carbocycles. The standard InChI is InChI=1S/C19H18FNO3/c20-15-8-4-7-14-17-18(24-19(14)15)13(11-22)10-21(17)16(23)9-12-5-2-1-3-6-12/h1-8,13,17-18,22H,9-11H2/t13-,17-,18-/m0/s1. The van der Waals surface area contributed by atoms with Gasteiger partial charge in [0, 0.05) is 18.0 Å². The van der Waals surface area contributed by atoms with E-state index >= 15 is 0 Å². The van der Waals surface area contributed by atoms with E-state index in [4.69, 9.17) is 4.74 Å². The first-order valence-electron chi connectivity index (χ1n) is 8.08. The monoisotopic (exact) mass is 327 g/mol. The number of rotatable bonds is 3. The van der Waals surface area contributed by atoms with Crippen molar-refractivity contribution in [3.05, 3.63) is 65.5 Å². The third kappa shape index (κ3) is 2.36. The molecule has 2 aromatic carbocycles. The van der Waals surface area contributed by atoms with Crippen LogP contribution in [-0.2, 0) is 11.2 Å². The Hall–Kier alpha value is -2.40. The van der Waals surface area contributed by atoms with Crippen molar-refractivity contribution in [3.63, 3.8) is 0 Å². The van der Waals surface area contributed by atoms with Crippen LogP contribution in [0.3, 0.4) is 0 Å². The van der Waals surface area contributed by atoms with Crippen LogP contribution in [0.15, 0.2) is 48.5 Å². The van der Waals surface area contributed by atoms with Crippen molar-refractivity contribution in [1.82, 2.24) is 4.90 Å². The minimum atomic E-state index is -0.422. The second-order valence-corrected chi connectivity index (χ2v) is 6.34. The first-order valence-corrected chi connectivity index (χ1v) is 8.08. The van der Waals surface area contributed by atoms with Crippen molar-refractivity contribution in [2.24, 2.45) is 5.92 Å². The summed E-state index contributed by atoms with van der Waals surface area (Å²) in [4.78, 5) is 14.5. The fourth-order valence-corrected chi connectivity index (χ4v) is 3.72.